The molecule has 118 valence electrons. The maximum atomic E-state index is 12.2. The van der Waals surface area contributed by atoms with Gasteiger partial charge >= 0.3 is 0 Å². The zero-order chi connectivity index (χ0) is 16.1. The van der Waals surface area contributed by atoms with Crippen LogP contribution < -0.4 is 5.32 Å². The summed E-state index contributed by atoms with van der Waals surface area (Å²) in [5.74, 6) is -0.0226. The van der Waals surface area contributed by atoms with Crippen molar-refractivity contribution in [3.05, 3.63) is 40.4 Å². The number of hydrogen-bond donors (Lipinski definition) is 1. The van der Waals surface area contributed by atoms with Crippen molar-refractivity contribution in [1.29, 1.82) is 0 Å². The van der Waals surface area contributed by atoms with Crippen molar-refractivity contribution < 1.29 is 4.79 Å². The molecule has 0 aliphatic rings. The lowest BCUT2D eigenvalue weighted by Gasteiger charge is -2.10. The molecule has 0 saturated carbocycles. The molecule has 4 nitrogen and oxygen atoms in total. The van der Waals surface area contributed by atoms with Crippen LogP contribution in [0, 0.1) is 13.8 Å². The summed E-state index contributed by atoms with van der Waals surface area (Å²) < 4.78 is 0. The Morgan fingerprint density at radius 1 is 1.32 bits per heavy atom. The van der Waals surface area contributed by atoms with Gasteiger partial charge in [-0.05, 0) is 53.0 Å². The number of carbonyl (C=O) groups excluding carboxylic acids is 1. The Balaban J connectivity index is 2.03. The van der Waals surface area contributed by atoms with Gasteiger partial charge in [0.05, 0.1) is 5.69 Å². The van der Waals surface area contributed by atoms with Crippen LogP contribution in [0.4, 0.5) is 0 Å². The van der Waals surface area contributed by atoms with Gasteiger partial charge in [-0.3, -0.25) is 4.79 Å². The molecule has 0 fully saturated rings. The summed E-state index contributed by atoms with van der Waals surface area (Å²) in [6.45, 7) is 5.74. The predicted octanol–water partition coefficient (Wildman–Crippen LogP) is 3.11. The summed E-state index contributed by atoms with van der Waals surface area (Å²) in [6.07, 6.45) is 0.948. The van der Waals surface area contributed by atoms with Crippen LogP contribution in [0.3, 0.4) is 0 Å². The third-order valence-corrected chi connectivity index (χ3v) is 4.59. The Morgan fingerprint density at radius 2 is 2.09 bits per heavy atom. The molecular weight excluding hydrogens is 294 g/mol. The largest absolute Gasteiger partial charge is 0.352 e. The maximum absolute atomic E-state index is 12.2. The first-order chi connectivity index (χ1) is 10.5. The molecule has 1 aromatic heterocycles. The molecule has 0 bridgehead atoms. The highest BCUT2D eigenvalue weighted by atomic mass is 32.1. The number of nitrogens with one attached hydrogen (secondary N) is 1. The molecule has 2 rings (SSSR count). The Morgan fingerprint density at radius 3 is 2.73 bits per heavy atom. The van der Waals surface area contributed by atoms with Crippen LogP contribution in [0.15, 0.2) is 24.3 Å². The minimum absolute atomic E-state index is 0.0226. The molecule has 0 saturated heterocycles. The lowest BCUT2D eigenvalue weighted by Crippen LogP contribution is -2.27. The highest BCUT2D eigenvalue weighted by Crippen LogP contribution is 2.27. The van der Waals surface area contributed by atoms with E-state index in [0.717, 1.165) is 29.2 Å². The minimum Gasteiger partial charge on any atom is -0.352 e. The van der Waals surface area contributed by atoms with E-state index in [1.165, 1.54) is 4.88 Å². The summed E-state index contributed by atoms with van der Waals surface area (Å²) in [6, 6.07) is 7.67. The molecule has 0 radical (unpaired) electrons. The molecule has 1 heterocycles. The van der Waals surface area contributed by atoms with Gasteiger partial charge in [0.1, 0.15) is 5.01 Å². The molecule has 2 aromatic rings. The molecule has 1 aromatic carbocycles. The second-order valence-corrected chi connectivity index (χ2v) is 6.86. The summed E-state index contributed by atoms with van der Waals surface area (Å²) >= 11 is 1.66. The molecule has 5 heteroatoms. The van der Waals surface area contributed by atoms with E-state index in [-0.39, 0.29) is 5.91 Å². The van der Waals surface area contributed by atoms with E-state index in [2.05, 4.69) is 22.1 Å². The van der Waals surface area contributed by atoms with Crippen LogP contribution in [0.2, 0.25) is 0 Å². The summed E-state index contributed by atoms with van der Waals surface area (Å²) in [5, 5.41) is 3.94. The van der Waals surface area contributed by atoms with Crippen molar-refractivity contribution in [3.8, 4) is 10.6 Å². The molecule has 0 atom stereocenters. The van der Waals surface area contributed by atoms with Gasteiger partial charge in [-0.15, -0.1) is 11.3 Å². The van der Waals surface area contributed by atoms with Gasteiger partial charge in [-0.25, -0.2) is 4.98 Å². The quantitative estimate of drug-likeness (QED) is 0.833. The molecule has 0 aliphatic heterocycles. The van der Waals surface area contributed by atoms with Crippen molar-refractivity contribution in [2.24, 2.45) is 0 Å². The van der Waals surface area contributed by atoms with Crippen molar-refractivity contribution in [2.45, 2.75) is 20.3 Å². The normalized spacial score (nSPS) is 11.0. The SMILES string of the molecule is Cc1nc(-c2cccc(C(=O)NCCCN(C)C)c2)sc1C. The summed E-state index contributed by atoms with van der Waals surface area (Å²) in [5.41, 5.74) is 2.74. The molecule has 1 N–H and O–H groups in total. The Bertz CT molecular complexity index is 630. The second kappa shape index (κ2) is 7.51. The van der Waals surface area contributed by atoms with Crippen molar-refractivity contribution in [2.75, 3.05) is 27.2 Å². The zero-order valence-corrected chi connectivity index (χ0v) is 14.5. The van der Waals surface area contributed by atoms with E-state index >= 15 is 0 Å². The Kier molecular flexibility index (Phi) is 5.69. The van der Waals surface area contributed by atoms with E-state index in [1.54, 1.807) is 11.3 Å². The van der Waals surface area contributed by atoms with Gasteiger partial charge in [0.25, 0.3) is 5.91 Å². The first-order valence-corrected chi connectivity index (χ1v) is 8.26. The number of benzene rings is 1. The van der Waals surface area contributed by atoms with Gasteiger partial charge in [0, 0.05) is 22.5 Å². The molecule has 0 unspecified atom stereocenters. The predicted molar refractivity (Wildman–Crippen MR) is 92.5 cm³/mol. The maximum Gasteiger partial charge on any atom is 0.251 e. The number of thiazole rings is 1. The summed E-state index contributed by atoms with van der Waals surface area (Å²) in [7, 11) is 4.06. The van der Waals surface area contributed by atoms with Gasteiger partial charge in [-0.1, -0.05) is 12.1 Å². The third-order valence-electron chi connectivity index (χ3n) is 3.47. The van der Waals surface area contributed by atoms with Gasteiger partial charge in [0.2, 0.25) is 0 Å². The molecule has 1 amide bonds. The van der Waals surface area contributed by atoms with Crippen molar-refractivity contribution >= 4 is 17.2 Å². The Labute approximate surface area is 136 Å². The van der Waals surface area contributed by atoms with Crippen LogP contribution in [0.1, 0.15) is 27.3 Å². The van der Waals surface area contributed by atoms with Gasteiger partial charge in [-0.2, -0.15) is 0 Å². The Hall–Kier alpha value is -1.72. The first-order valence-electron chi connectivity index (χ1n) is 7.45. The fraction of sp³-hybridized carbons (Fsp3) is 0.412. The monoisotopic (exact) mass is 317 g/mol. The van der Waals surface area contributed by atoms with Crippen LogP contribution >= 0.6 is 11.3 Å². The number of carbonyl (C=O) groups is 1. The third kappa shape index (κ3) is 4.39. The van der Waals surface area contributed by atoms with Crippen LogP contribution in [0.25, 0.3) is 10.6 Å². The lowest BCUT2D eigenvalue weighted by molar-refractivity contribution is 0.0952. The van der Waals surface area contributed by atoms with E-state index in [9.17, 15) is 4.79 Å². The molecule has 0 aliphatic carbocycles. The number of aromatic nitrogens is 1. The van der Waals surface area contributed by atoms with Crippen LogP contribution in [0.5, 0.6) is 0 Å². The van der Waals surface area contributed by atoms with E-state index < -0.39 is 0 Å². The topological polar surface area (TPSA) is 45.2 Å². The van der Waals surface area contributed by atoms with E-state index in [4.69, 9.17) is 0 Å². The van der Waals surface area contributed by atoms with E-state index in [1.807, 2.05) is 45.3 Å². The molecule has 22 heavy (non-hydrogen) atoms. The van der Waals surface area contributed by atoms with Crippen molar-refractivity contribution in [1.82, 2.24) is 15.2 Å². The minimum atomic E-state index is -0.0226. The number of hydrogen-bond acceptors (Lipinski definition) is 4. The average Bonchev–Trinajstić information content (AvgIpc) is 2.83. The number of amides is 1. The standard InChI is InChI=1S/C17H23N3OS/c1-12-13(2)22-17(19-12)15-8-5-7-14(11-15)16(21)18-9-6-10-20(3)4/h5,7-8,11H,6,9-10H2,1-4H3,(H,18,21). The number of aryl methyl sites for hydroxylation is 2. The molecule has 0 spiro atoms. The van der Waals surface area contributed by atoms with Crippen LogP contribution in [-0.2, 0) is 0 Å². The second-order valence-electron chi connectivity index (χ2n) is 5.65. The van der Waals surface area contributed by atoms with Crippen LogP contribution in [-0.4, -0.2) is 43.0 Å². The fourth-order valence-corrected chi connectivity index (χ4v) is 3.00. The number of nitrogens with zero attached hydrogens (tertiary/aromatic N) is 2. The average molecular weight is 317 g/mol. The first kappa shape index (κ1) is 16.6. The lowest BCUT2D eigenvalue weighted by atomic mass is 10.1. The zero-order valence-electron chi connectivity index (χ0n) is 13.6. The van der Waals surface area contributed by atoms with Gasteiger partial charge in [0.15, 0.2) is 0 Å². The summed E-state index contributed by atoms with van der Waals surface area (Å²) in [4.78, 5) is 20.1. The smallest absolute Gasteiger partial charge is 0.251 e. The van der Waals surface area contributed by atoms with E-state index in [0.29, 0.717) is 12.1 Å². The fourth-order valence-electron chi connectivity index (χ4n) is 2.09. The van der Waals surface area contributed by atoms with Gasteiger partial charge < -0.3 is 10.2 Å². The highest BCUT2D eigenvalue weighted by Gasteiger charge is 2.10. The van der Waals surface area contributed by atoms with Crippen molar-refractivity contribution in [3.63, 3.8) is 0 Å². The number of rotatable bonds is 6. The molecular formula is C17H23N3OS. The highest BCUT2D eigenvalue weighted by molar-refractivity contribution is 7.15.